The van der Waals surface area contributed by atoms with Crippen molar-refractivity contribution in [2.45, 2.75) is 12.8 Å². The maximum absolute atomic E-state index is 11.3. The van der Waals surface area contributed by atoms with Crippen molar-refractivity contribution in [2.75, 3.05) is 5.33 Å². The summed E-state index contributed by atoms with van der Waals surface area (Å²) in [6, 6.07) is 9.81. The maximum Gasteiger partial charge on any atom is 0.150 e. The van der Waals surface area contributed by atoms with Crippen LogP contribution < -0.4 is 0 Å². The molecule has 64 valence electrons. The van der Waals surface area contributed by atoms with Crippen molar-refractivity contribution in [3.05, 3.63) is 35.9 Å². The quantitative estimate of drug-likeness (QED) is 0.725. The van der Waals surface area contributed by atoms with E-state index in [-0.39, 0.29) is 11.7 Å². The van der Waals surface area contributed by atoms with E-state index in [1.54, 1.807) is 0 Å². The Labute approximate surface area is 80.9 Å². The van der Waals surface area contributed by atoms with Gasteiger partial charge in [-0.25, -0.2) is 0 Å². The number of Topliss-reactive ketones (excluding diaryl/α,β-unsaturated/α-hetero) is 1. The zero-order valence-corrected chi connectivity index (χ0v) is 8.54. The molecule has 0 amide bonds. The number of ketones is 1. The fourth-order valence-electron chi connectivity index (χ4n) is 1.04. The van der Waals surface area contributed by atoms with Crippen LogP contribution in [-0.4, -0.2) is 11.1 Å². The van der Waals surface area contributed by atoms with Crippen LogP contribution in [-0.2, 0) is 4.79 Å². The molecule has 1 aromatic carbocycles. The molecule has 0 aromatic heterocycles. The third-order valence-electron chi connectivity index (χ3n) is 1.91. The molecule has 0 bridgehead atoms. The van der Waals surface area contributed by atoms with Crippen LogP contribution in [0.25, 0.3) is 0 Å². The van der Waals surface area contributed by atoms with Crippen molar-refractivity contribution in [1.29, 1.82) is 0 Å². The van der Waals surface area contributed by atoms with Crippen molar-refractivity contribution < 1.29 is 4.79 Å². The Morgan fingerprint density at radius 3 is 2.50 bits per heavy atom. The molecule has 0 heterocycles. The third-order valence-corrected chi connectivity index (χ3v) is 2.47. The van der Waals surface area contributed by atoms with Gasteiger partial charge in [0.05, 0.1) is 5.33 Å². The molecule has 1 unspecified atom stereocenters. The summed E-state index contributed by atoms with van der Waals surface area (Å²) in [5.41, 5.74) is 1.09. The van der Waals surface area contributed by atoms with Gasteiger partial charge < -0.3 is 0 Å². The summed E-state index contributed by atoms with van der Waals surface area (Å²) in [4.78, 5) is 11.3. The van der Waals surface area contributed by atoms with Crippen LogP contribution in [0.15, 0.2) is 30.3 Å². The molecular formula is C10H11BrO. The fourth-order valence-corrected chi connectivity index (χ4v) is 1.53. The van der Waals surface area contributed by atoms with Crippen LogP contribution in [0.2, 0.25) is 0 Å². The second kappa shape index (κ2) is 4.41. The van der Waals surface area contributed by atoms with Crippen molar-refractivity contribution in [2.24, 2.45) is 0 Å². The van der Waals surface area contributed by atoms with Crippen molar-refractivity contribution in [3.63, 3.8) is 0 Å². The second-order valence-electron chi connectivity index (χ2n) is 2.73. The molecule has 1 rings (SSSR count). The van der Waals surface area contributed by atoms with E-state index in [1.807, 2.05) is 37.3 Å². The average Bonchev–Trinajstić information content (AvgIpc) is 2.17. The highest BCUT2D eigenvalue weighted by atomic mass is 79.9. The highest BCUT2D eigenvalue weighted by Gasteiger charge is 2.12. The van der Waals surface area contributed by atoms with Gasteiger partial charge in [-0.1, -0.05) is 53.2 Å². The number of rotatable bonds is 3. The first-order chi connectivity index (χ1) is 5.75. The SMILES string of the molecule is CC(C(=O)CBr)c1ccccc1. The molecule has 2 heteroatoms. The summed E-state index contributed by atoms with van der Waals surface area (Å²) in [6.07, 6.45) is 0. The van der Waals surface area contributed by atoms with Crippen LogP contribution in [0.1, 0.15) is 18.4 Å². The van der Waals surface area contributed by atoms with Gasteiger partial charge in [-0.05, 0) is 5.56 Å². The van der Waals surface area contributed by atoms with Crippen molar-refractivity contribution >= 4 is 21.7 Å². The van der Waals surface area contributed by atoms with Crippen LogP contribution in [0.5, 0.6) is 0 Å². The summed E-state index contributed by atoms with van der Waals surface area (Å²) in [7, 11) is 0. The minimum atomic E-state index is 0.00516. The molecule has 1 nitrogen and oxygen atoms in total. The van der Waals surface area contributed by atoms with Crippen molar-refractivity contribution in [1.82, 2.24) is 0 Å². The van der Waals surface area contributed by atoms with Gasteiger partial charge in [0.25, 0.3) is 0 Å². The molecule has 0 saturated heterocycles. The molecule has 1 atom stereocenters. The molecule has 0 fully saturated rings. The first-order valence-corrected chi connectivity index (χ1v) is 5.01. The lowest BCUT2D eigenvalue weighted by Crippen LogP contribution is -2.09. The topological polar surface area (TPSA) is 17.1 Å². The number of halogens is 1. The summed E-state index contributed by atoms with van der Waals surface area (Å²) in [5, 5.41) is 0.434. The van der Waals surface area contributed by atoms with Crippen molar-refractivity contribution in [3.8, 4) is 0 Å². The van der Waals surface area contributed by atoms with Gasteiger partial charge in [0.2, 0.25) is 0 Å². The van der Waals surface area contributed by atoms with Gasteiger partial charge in [0.15, 0.2) is 5.78 Å². The zero-order valence-electron chi connectivity index (χ0n) is 6.96. The van der Waals surface area contributed by atoms with Crippen LogP contribution >= 0.6 is 15.9 Å². The molecule has 1 aromatic rings. The number of carbonyl (C=O) groups is 1. The van der Waals surface area contributed by atoms with Gasteiger partial charge in [0.1, 0.15) is 0 Å². The third kappa shape index (κ3) is 2.18. The normalized spacial score (nSPS) is 12.5. The van der Waals surface area contributed by atoms with Gasteiger partial charge in [-0.15, -0.1) is 0 Å². The molecule has 0 aliphatic heterocycles. The van der Waals surface area contributed by atoms with Gasteiger partial charge in [0, 0.05) is 5.92 Å². The van der Waals surface area contributed by atoms with E-state index < -0.39 is 0 Å². The summed E-state index contributed by atoms with van der Waals surface area (Å²) < 4.78 is 0. The standard InChI is InChI=1S/C10H11BrO/c1-8(10(12)7-11)9-5-3-2-4-6-9/h2-6,8H,7H2,1H3. The van der Waals surface area contributed by atoms with Crippen LogP contribution in [0.4, 0.5) is 0 Å². The maximum atomic E-state index is 11.3. The van der Waals surface area contributed by atoms with E-state index in [9.17, 15) is 4.79 Å². The number of hydrogen-bond donors (Lipinski definition) is 0. The minimum Gasteiger partial charge on any atom is -0.298 e. The molecule has 0 aliphatic carbocycles. The number of carbonyl (C=O) groups excluding carboxylic acids is 1. The average molecular weight is 227 g/mol. The lowest BCUT2D eigenvalue weighted by Gasteiger charge is -2.07. The monoisotopic (exact) mass is 226 g/mol. The number of benzene rings is 1. The summed E-state index contributed by atoms with van der Waals surface area (Å²) >= 11 is 3.16. The predicted octanol–water partition coefficient (Wildman–Crippen LogP) is 2.75. The molecule has 0 aliphatic rings. The fraction of sp³-hybridized carbons (Fsp3) is 0.300. The van der Waals surface area contributed by atoms with E-state index in [0.717, 1.165) is 5.56 Å². The van der Waals surface area contributed by atoms with Gasteiger partial charge in [-0.3, -0.25) is 4.79 Å². The smallest absolute Gasteiger partial charge is 0.150 e. The highest BCUT2D eigenvalue weighted by molar-refractivity contribution is 9.09. The second-order valence-corrected chi connectivity index (χ2v) is 3.29. The predicted molar refractivity (Wildman–Crippen MR) is 53.7 cm³/mol. The molecule has 0 spiro atoms. The highest BCUT2D eigenvalue weighted by Crippen LogP contribution is 2.15. The Morgan fingerprint density at radius 2 is 2.00 bits per heavy atom. The van der Waals surface area contributed by atoms with E-state index in [0.29, 0.717) is 5.33 Å². The largest absolute Gasteiger partial charge is 0.298 e. The Hall–Kier alpha value is -0.630. The molecule has 0 radical (unpaired) electrons. The van der Waals surface area contributed by atoms with Crippen LogP contribution in [0.3, 0.4) is 0 Å². The Bertz CT molecular complexity index is 256. The Balaban J connectivity index is 2.78. The van der Waals surface area contributed by atoms with E-state index in [1.165, 1.54) is 0 Å². The molecule has 12 heavy (non-hydrogen) atoms. The number of alkyl halides is 1. The molecular weight excluding hydrogens is 216 g/mol. The van der Waals surface area contributed by atoms with Crippen LogP contribution in [0, 0.1) is 0 Å². The Morgan fingerprint density at radius 1 is 1.42 bits per heavy atom. The number of hydrogen-bond acceptors (Lipinski definition) is 1. The van der Waals surface area contributed by atoms with Gasteiger partial charge in [-0.2, -0.15) is 0 Å². The van der Waals surface area contributed by atoms with E-state index in [2.05, 4.69) is 15.9 Å². The molecule has 0 N–H and O–H groups in total. The van der Waals surface area contributed by atoms with E-state index >= 15 is 0 Å². The lowest BCUT2D eigenvalue weighted by molar-refractivity contribution is -0.117. The van der Waals surface area contributed by atoms with Gasteiger partial charge >= 0.3 is 0 Å². The minimum absolute atomic E-state index is 0.00516. The first-order valence-electron chi connectivity index (χ1n) is 3.89. The molecule has 0 saturated carbocycles. The Kier molecular flexibility index (Phi) is 3.48. The van der Waals surface area contributed by atoms with E-state index in [4.69, 9.17) is 0 Å². The lowest BCUT2D eigenvalue weighted by atomic mass is 9.98. The summed E-state index contributed by atoms with van der Waals surface area (Å²) in [5.74, 6) is 0.228. The first kappa shape index (κ1) is 9.46. The summed E-state index contributed by atoms with van der Waals surface area (Å²) in [6.45, 7) is 1.93. The zero-order chi connectivity index (χ0) is 8.97.